The van der Waals surface area contributed by atoms with Gasteiger partial charge in [0.25, 0.3) is 0 Å². The molecule has 0 saturated heterocycles. The number of rotatable bonds is 8. The Labute approximate surface area is 141 Å². The van der Waals surface area contributed by atoms with Crippen molar-refractivity contribution in [1.29, 1.82) is 0 Å². The minimum absolute atomic E-state index is 0.0694. The summed E-state index contributed by atoms with van der Waals surface area (Å²) in [5, 5.41) is 3.72. The summed E-state index contributed by atoms with van der Waals surface area (Å²) in [6.45, 7) is 2.63. The number of nitrogens with zero attached hydrogens (tertiary/aromatic N) is 3. The first kappa shape index (κ1) is 16.7. The van der Waals surface area contributed by atoms with Gasteiger partial charge in [0.05, 0.1) is 28.8 Å². The number of para-hydroxylation sites is 2. The molecule has 0 aliphatic rings. The second kappa shape index (κ2) is 7.17. The van der Waals surface area contributed by atoms with Gasteiger partial charge < -0.3 is 9.09 Å². The second-order valence-electron chi connectivity index (χ2n) is 6.01. The quantitative estimate of drug-likeness (QED) is 0.585. The summed E-state index contributed by atoms with van der Waals surface area (Å²) in [5.41, 5.74) is 2.81. The van der Waals surface area contributed by atoms with Crippen LogP contribution in [0, 0.1) is 6.92 Å². The molecule has 0 bridgehead atoms. The Hall–Kier alpha value is -2.15. The largest absolute Gasteiger partial charge is 0.360 e. The van der Waals surface area contributed by atoms with Crippen LogP contribution in [-0.2, 0) is 22.1 Å². The zero-order valence-electron chi connectivity index (χ0n) is 13.7. The summed E-state index contributed by atoms with van der Waals surface area (Å²) in [6.07, 6.45) is 4.29. The Morgan fingerprint density at radius 1 is 1.17 bits per heavy atom. The van der Waals surface area contributed by atoms with Crippen molar-refractivity contribution < 1.29 is 12.9 Å². The van der Waals surface area contributed by atoms with Crippen LogP contribution in [0.15, 0.2) is 41.2 Å². The number of imidazole rings is 1. The van der Waals surface area contributed by atoms with Crippen LogP contribution in [0.1, 0.15) is 30.7 Å². The van der Waals surface area contributed by atoms with Gasteiger partial charge in [-0.1, -0.05) is 23.7 Å². The first-order chi connectivity index (χ1) is 11.5. The summed E-state index contributed by atoms with van der Waals surface area (Å²) in [7, 11) is -3.14. The van der Waals surface area contributed by atoms with Gasteiger partial charge in [-0.25, -0.2) is 13.4 Å². The zero-order valence-corrected chi connectivity index (χ0v) is 14.5. The van der Waals surface area contributed by atoms with Crippen LogP contribution in [0.4, 0.5) is 0 Å². The van der Waals surface area contributed by atoms with Crippen molar-refractivity contribution >= 4 is 20.9 Å². The van der Waals surface area contributed by atoms with E-state index in [1.165, 1.54) is 0 Å². The SMILES string of the molecule is Cc1cc(CS(=O)(=O)CCCCCn2cnc3ccccc32)on1. The molecule has 0 amide bonds. The highest BCUT2D eigenvalue weighted by Crippen LogP contribution is 2.14. The Balaban J connectivity index is 1.43. The number of aryl methyl sites for hydroxylation is 2. The zero-order chi connectivity index (χ0) is 17.0. The van der Waals surface area contributed by atoms with Crippen LogP contribution in [-0.4, -0.2) is 28.9 Å². The van der Waals surface area contributed by atoms with Gasteiger partial charge in [0.15, 0.2) is 15.6 Å². The van der Waals surface area contributed by atoms with Gasteiger partial charge in [-0.2, -0.15) is 0 Å². The van der Waals surface area contributed by atoms with Crippen molar-refractivity contribution in [3.8, 4) is 0 Å². The Morgan fingerprint density at radius 3 is 2.79 bits per heavy atom. The van der Waals surface area contributed by atoms with Gasteiger partial charge in [0.2, 0.25) is 0 Å². The summed E-state index contributed by atoms with van der Waals surface area (Å²) < 4.78 is 31.2. The molecule has 0 atom stereocenters. The fraction of sp³-hybridized carbons (Fsp3) is 0.412. The number of hydrogen-bond acceptors (Lipinski definition) is 5. The van der Waals surface area contributed by atoms with Crippen LogP contribution in [0.25, 0.3) is 11.0 Å². The van der Waals surface area contributed by atoms with E-state index in [1.54, 1.807) is 13.0 Å². The molecule has 3 rings (SSSR count). The first-order valence-electron chi connectivity index (χ1n) is 8.06. The van der Waals surface area contributed by atoms with Crippen LogP contribution in [0.2, 0.25) is 0 Å². The minimum atomic E-state index is -3.14. The lowest BCUT2D eigenvalue weighted by atomic mass is 10.2. The molecule has 128 valence electrons. The number of fused-ring (bicyclic) bond motifs is 1. The molecular formula is C17H21N3O3S. The lowest BCUT2D eigenvalue weighted by Crippen LogP contribution is -2.09. The van der Waals surface area contributed by atoms with Crippen LogP contribution in [0.3, 0.4) is 0 Å². The number of benzene rings is 1. The molecule has 0 radical (unpaired) electrons. The lowest BCUT2D eigenvalue weighted by Gasteiger charge is -2.05. The highest BCUT2D eigenvalue weighted by atomic mass is 32.2. The maximum atomic E-state index is 12.1. The van der Waals surface area contributed by atoms with Gasteiger partial charge in [-0.3, -0.25) is 0 Å². The van der Waals surface area contributed by atoms with E-state index in [2.05, 4.69) is 14.7 Å². The molecule has 1 aromatic carbocycles. The van der Waals surface area contributed by atoms with Crippen LogP contribution >= 0.6 is 0 Å². The predicted molar refractivity (Wildman–Crippen MR) is 92.3 cm³/mol. The van der Waals surface area contributed by atoms with E-state index in [9.17, 15) is 8.42 Å². The molecule has 2 heterocycles. The van der Waals surface area contributed by atoms with E-state index < -0.39 is 9.84 Å². The third-order valence-electron chi connectivity index (χ3n) is 3.92. The van der Waals surface area contributed by atoms with E-state index in [1.807, 2.05) is 30.6 Å². The fourth-order valence-corrected chi connectivity index (χ4v) is 4.10. The first-order valence-corrected chi connectivity index (χ1v) is 9.88. The maximum absolute atomic E-state index is 12.1. The van der Waals surface area contributed by atoms with E-state index in [0.29, 0.717) is 17.9 Å². The minimum Gasteiger partial charge on any atom is -0.360 e. The molecule has 0 N–H and O–H groups in total. The van der Waals surface area contributed by atoms with Gasteiger partial charge in [0, 0.05) is 12.6 Å². The second-order valence-corrected chi connectivity index (χ2v) is 8.20. The lowest BCUT2D eigenvalue weighted by molar-refractivity contribution is 0.388. The molecule has 0 aliphatic carbocycles. The average molecular weight is 347 g/mol. The summed E-state index contributed by atoms with van der Waals surface area (Å²) >= 11 is 0. The van der Waals surface area contributed by atoms with E-state index in [4.69, 9.17) is 4.52 Å². The maximum Gasteiger partial charge on any atom is 0.157 e. The van der Waals surface area contributed by atoms with Gasteiger partial charge in [0.1, 0.15) is 5.75 Å². The number of unbranched alkanes of at least 4 members (excludes halogenated alkanes) is 2. The predicted octanol–water partition coefficient (Wildman–Crippen LogP) is 3.12. The number of hydrogen-bond donors (Lipinski definition) is 0. The normalized spacial score (nSPS) is 12.0. The Kier molecular flexibility index (Phi) is 4.99. The van der Waals surface area contributed by atoms with Gasteiger partial charge in [-0.05, 0) is 31.9 Å². The topological polar surface area (TPSA) is 78.0 Å². The van der Waals surface area contributed by atoms with Crippen molar-refractivity contribution in [2.24, 2.45) is 0 Å². The molecule has 0 saturated carbocycles. The Bertz CT molecular complexity index is 912. The van der Waals surface area contributed by atoms with E-state index in [0.717, 1.165) is 30.4 Å². The van der Waals surface area contributed by atoms with Crippen molar-refractivity contribution in [3.63, 3.8) is 0 Å². The molecule has 7 heteroatoms. The number of aromatic nitrogens is 3. The standard InChI is InChI=1S/C17H21N3O3S/c1-14-11-15(23-19-14)12-24(21,22)10-6-2-5-9-20-13-18-16-7-3-4-8-17(16)20/h3-4,7-8,11,13H,2,5-6,9-10,12H2,1H3. The third-order valence-corrected chi connectivity index (χ3v) is 5.56. The smallest absolute Gasteiger partial charge is 0.157 e. The molecule has 0 aliphatic heterocycles. The molecule has 0 fully saturated rings. The van der Waals surface area contributed by atoms with Crippen molar-refractivity contribution in [3.05, 3.63) is 48.1 Å². The van der Waals surface area contributed by atoms with Crippen molar-refractivity contribution in [2.75, 3.05) is 5.75 Å². The highest BCUT2D eigenvalue weighted by molar-refractivity contribution is 7.90. The average Bonchev–Trinajstić information content (AvgIpc) is 3.13. The van der Waals surface area contributed by atoms with Gasteiger partial charge in [-0.15, -0.1) is 0 Å². The fourth-order valence-electron chi connectivity index (χ4n) is 2.74. The highest BCUT2D eigenvalue weighted by Gasteiger charge is 2.15. The molecule has 0 spiro atoms. The van der Waals surface area contributed by atoms with Crippen LogP contribution in [0.5, 0.6) is 0 Å². The molecule has 0 unspecified atom stereocenters. The molecule has 6 nitrogen and oxygen atoms in total. The monoisotopic (exact) mass is 347 g/mol. The van der Waals surface area contributed by atoms with Crippen molar-refractivity contribution in [1.82, 2.24) is 14.7 Å². The van der Waals surface area contributed by atoms with E-state index in [-0.39, 0.29) is 11.5 Å². The van der Waals surface area contributed by atoms with Crippen molar-refractivity contribution in [2.45, 2.75) is 38.5 Å². The summed E-state index contributed by atoms with van der Waals surface area (Å²) in [6, 6.07) is 9.68. The summed E-state index contributed by atoms with van der Waals surface area (Å²) in [5.74, 6) is 0.523. The van der Waals surface area contributed by atoms with Crippen LogP contribution < -0.4 is 0 Å². The van der Waals surface area contributed by atoms with E-state index >= 15 is 0 Å². The number of sulfone groups is 1. The Morgan fingerprint density at radius 2 is 2.00 bits per heavy atom. The molecule has 2 aromatic heterocycles. The molecule has 3 aromatic rings. The third kappa shape index (κ3) is 4.23. The molecule has 24 heavy (non-hydrogen) atoms. The van der Waals surface area contributed by atoms with Gasteiger partial charge >= 0.3 is 0 Å². The summed E-state index contributed by atoms with van der Waals surface area (Å²) in [4.78, 5) is 4.36. The molecular weight excluding hydrogens is 326 g/mol.